The monoisotopic (exact) mass is 302 g/mol. The number of nitrogens with one attached hydrogen (secondary N) is 1. The molecule has 0 radical (unpaired) electrons. The molecule has 1 aromatic carbocycles. The molecule has 1 aromatic heterocycles. The Labute approximate surface area is 104 Å². The molecule has 0 saturated heterocycles. The smallest absolute Gasteiger partial charge is 0.171 e. The van der Waals surface area contributed by atoms with Gasteiger partial charge in [-0.1, -0.05) is 17.7 Å². The first-order valence-electron chi connectivity index (χ1n) is 4.28. The van der Waals surface area contributed by atoms with E-state index >= 15 is 0 Å². The molecule has 1 heterocycles. The largest absolute Gasteiger partial charge is 0.332 e. The number of carbonyl (C=O) groups is 1. The van der Waals surface area contributed by atoms with E-state index in [1.54, 1.807) is 6.07 Å². The Hall–Kier alpha value is -1.20. The van der Waals surface area contributed by atoms with Gasteiger partial charge in [-0.3, -0.25) is 4.79 Å². The van der Waals surface area contributed by atoms with E-state index in [1.165, 1.54) is 12.1 Å². The average molecular weight is 304 g/mol. The van der Waals surface area contributed by atoms with Crippen LogP contribution in [0.5, 0.6) is 0 Å². The Morgan fingerprint density at radius 3 is 2.81 bits per heavy atom. The van der Waals surface area contributed by atoms with Crippen LogP contribution in [0.2, 0.25) is 5.02 Å². The number of halogens is 3. The second kappa shape index (κ2) is 4.35. The van der Waals surface area contributed by atoms with Crippen molar-refractivity contribution in [3.8, 4) is 11.4 Å². The van der Waals surface area contributed by atoms with Gasteiger partial charge in [0.15, 0.2) is 6.29 Å². The van der Waals surface area contributed by atoms with Crippen molar-refractivity contribution in [2.75, 3.05) is 0 Å². The summed E-state index contributed by atoms with van der Waals surface area (Å²) < 4.78 is 13.9. The summed E-state index contributed by atoms with van der Waals surface area (Å²) in [6.45, 7) is 0. The zero-order valence-corrected chi connectivity index (χ0v) is 10.1. The second-order valence-corrected chi connectivity index (χ2v) is 4.20. The number of aldehydes is 1. The number of carbonyl (C=O) groups excluding carboxylic acids is 1. The molecule has 0 atom stereocenters. The zero-order valence-electron chi connectivity index (χ0n) is 7.80. The van der Waals surface area contributed by atoms with Gasteiger partial charge in [0.05, 0.1) is 10.6 Å². The van der Waals surface area contributed by atoms with Crippen LogP contribution in [0.1, 0.15) is 10.5 Å². The summed E-state index contributed by atoms with van der Waals surface area (Å²) in [5.74, 6) is -0.275. The van der Waals surface area contributed by atoms with Crippen LogP contribution in [0.3, 0.4) is 0 Å². The number of nitrogens with zero attached hydrogens (tertiary/aromatic N) is 1. The maximum atomic E-state index is 13.5. The highest BCUT2D eigenvalue weighted by Crippen LogP contribution is 2.29. The SMILES string of the molecule is O=Cc1nc(-c2c(F)cccc2Cl)[nH]c1Br. The first kappa shape index (κ1) is 11.3. The van der Waals surface area contributed by atoms with E-state index in [1.807, 2.05) is 0 Å². The van der Waals surface area contributed by atoms with Crippen LogP contribution >= 0.6 is 27.5 Å². The van der Waals surface area contributed by atoms with Crippen LogP contribution in [0.4, 0.5) is 4.39 Å². The van der Waals surface area contributed by atoms with Crippen molar-refractivity contribution in [3.63, 3.8) is 0 Å². The van der Waals surface area contributed by atoms with E-state index in [0.29, 0.717) is 10.9 Å². The highest BCUT2D eigenvalue weighted by atomic mass is 79.9. The number of aromatic amines is 1. The first-order chi connectivity index (χ1) is 7.63. The van der Waals surface area contributed by atoms with Gasteiger partial charge in [-0.15, -0.1) is 0 Å². The molecule has 0 saturated carbocycles. The predicted octanol–water partition coefficient (Wildman–Crippen LogP) is 3.44. The lowest BCUT2D eigenvalue weighted by atomic mass is 10.2. The lowest BCUT2D eigenvalue weighted by molar-refractivity contribution is 0.111. The van der Waals surface area contributed by atoms with Gasteiger partial charge in [0.2, 0.25) is 0 Å². The van der Waals surface area contributed by atoms with Crippen molar-refractivity contribution >= 4 is 33.8 Å². The third kappa shape index (κ3) is 1.88. The summed E-state index contributed by atoms with van der Waals surface area (Å²) in [5.41, 5.74) is 0.326. The predicted molar refractivity (Wildman–Crippen MR) is 62.1 cm³/mol. The fourth-order valence-corrected chi connectivity index (χ4v) is 1.91. The highest BCUT2D eigenvalue weighted by Gasteiger charge is 2.15. The topological polar surface area (TPSA) is 45.8 Å². The number of rotatable bonds is 2. The van der Waals surface area contributed by atoms with Gasteiger partial charge >= 0.3 is 0 Å². The van der Waals surface area contributed by atoms with Crippen LogP contribution in [0.15, 0.2) is 22.8 Å². The van der Waals surface area contributed by atoms with Crippen molar-refractivity contribution in [1.82, 2.24) is 9.97 Å². The van der Waals surface area contributed by atoms with E-state index in [9.17, 15) is 9.18 Å². The number of hydrogen-bond acceptors (Lipinski definition) is 2. The molecule has 0 fully saturated rings. The molecule has 3 nitrogen and oxygen atoms in total. The van der Waals surface area contributed by atoms with Gasteiger partial charge in [0.25, 0.3) is 0 Å². The van der Waals surface area contributed by atoms with Crippen molar-refractivity contribution in [2.45, 2.75) is 0 Å². The molecule has 0 aliphatic heterocycles. The molecule has 1 N–H and O–H groups in total. The standard InChI is InChI=1S/C10H5BrClFN2O/c11-9-7(4-16)14-10(15-9)8-5(12)2-1-3-6(8)13/h1-4H,(H,14,15). The molecule has 0 bridgehead atoms. The number of hydrogen-bond donors (Lipinski definition) is 1. The summed E-state index contributed by atoms with van der Waals surface area (Å²) in [6.07, 6.45) is 0.568. The molecule has 0 spiro atoms. The van der Waals surface area contributed by atoms with E-state index in [2.05, 4.69) is 25.9 Å². The number of H-pyrrole nitrogens is 1. The van der Waals surface area contributed by atoms with Gasteiger partial charge in [0, 0.05) is 0 Å². The van der Waals surface area contributed by atoms with Crippen LogP contribution in [0.25, 0.3) is 11.4 Å². The highest BCUT2D eigenvalue weighted by molar-refractivity contribution is 9.10. The Balaban J connectivity index is 2.63. The average Bonchev–Trinajstić information content (AvgIpc) is 2.59. The van der Waals surface area contributed by atoms with Crippen molar-refractivity contribution < 1.29 is 9.18 Å². The fraction of sp³-hybridized carbons (Fsp3) is 0. The third-order valence-electron chi connectivity index (χ3n) is 2.00. The molecule has 82 valence electrons. The summed E-state index contributed by atoms with van der Waals surface area (Å²) >= 11 is 8.97. The van der Waals surface area contributed by atoms with Gasteiger partial charge in [-0.25, -0.2) is 9.37 Å². The number of imidazole rings is 1. The quantitative estimate of drug-likeness (QED) is 0.864. The summed E-state index contributed by atoms with van der Waals surface area (Å²) in [7, 11) is 0. The summed E-state index contributed by atoms with van der Waals surface area (Å²) in [6, 6.07) is 4.33. The minimum Gasteiger partial charge on any atom is -0.332 e. The Kier molecular flexibility index (Phi) is 3.07. The summed E-state index contributed by atoms with van der Waals surface area (Å²) in [5, 5.41) is 0.235. The minimum absolute atomic E-state index is 0.151. The lowest BCUT2D eigenvalue weighted by Crippen LogP contribution is -1.88. The Bertz CT molecular complexity index is 535. The van der Waals surface area contributed by atoms with Gasteiger partial charge in [-0.05, 0) is 28.1 Å². The number of benzene rings is 1. The van der Waals surface area contributed by atoms with Gasteiger partial charge in [0.1, 0.15) is 21.9 Å². The van der Waals surface area contributed by atoms with E-state index in [0.717, 1.165) is 0 Å². The van der Waals surface area contributed by atoms with Crippen LogP contribution in [-0.2, 0) is 0 Å². The molecular weight excluding hydrogens is 298 g/mol. The summed E-state index contributed by atoms with van der Waals surface area (Å²) in [4.78, 5) is 17.3. The third-order valence-corrected chi connectivity index (χ3v) is 2.92. The molecule has 2 rings (SSSR count). The first-order valence-corrected chi connectivity index (χ1v) is 5.45. The van der Waals surface area contributed by atoms with E-state index < -0.39 is 5.82 Å². The lowest BCUT2D eigenvalue weighted by Gasteiger charge is -2.01. The molecule has 6 heteroatoms. The van der Waals surface area contributed by atoms with Crippen molar-refractivity contribution in [3.05, 3.63) is 39.3 Å². The second-order valence-electron chi connectivity index (χ2n) is 3.00. The van der Waals surface area contributed by atoms with Crippen molar-refractivity contribution in [2.24, 2.45) is 0 Å². The Morgan fingerprint density at radius 2 is 2.25 bits per heavy atom. The maximum Gasteiger partial charge on any atom is 0.171 e. The molecule has 0 unspecified atom stereocenters. The molecule has 2 aromatic rings. The normalized spacial score (nSPS) is 10.4. The van der Waals surface area contributed by atoms with E-state index in [-0.39, 0.29) is 22.1 Å². The van der Waals surface area contributed by atoms with Crippen molar-refractivity contribution in [1.29, 1.82) is 0 Å². The van der Waals surface area contributed by atoms with Crippen LogP contribution < -0.4 is 0 Å². The van der Waals surface area contributed by atoms with Gasteiger partial charge in [-0.2, -0.15) is 0 Å². The molecule has 16 heavy (non-hydrogen) atoms. The molecule has 0 amide bonds. The maximum absolute atomic E-state index is 13.5. The Morgan fingerprint density at radius 1 is 1.50 bits per heavy atom. The molecule has 0 aliphatic carbocycles. The van der Waals surface area contributed by atoms with Crippen LogP contribution in [-0.4, -0.2) is 16.3 Å². The zero-order chi connectivity index (χ0) is 11.7. The fourth-order valence-electron chi connectivity index (χ4n) is 1.29. The molecular formula is C10H5BrClFN2O. The number of aromatic nitrogens is 2. The van der Waals surface area contributed by atoms with Crippen LogP contribution in [0, 0.1) is 5.82 Å². The minimum atomic E-state index is -0.494. The van der Waals surface area contributed by atoms with Gasteiger partial charge < -0.3 is 4.98 Å². The molecule has 0 aliphatic rings. The van der Waals surface area contributed by atoms with E-state index in [4.69, 9.17) is 11.6 Å².